The van der Waals surface area contributed by atoms with Crippen LogP contribution in [0.3, 0.4) is 0 Å². The van der Waals surface area contributed by atoms with Gasteiger partial charge in [0.2, 0.25) is 0 Å². The average molecular weight is 309 g/mol. The lowest BCUT2D eigenvalue weighted by molar-refractivity contribution is 0.589. The molecule has 5 heteroatoms. The van der Waals surface area contributed by atoms with Crippen LogP contribution in [0.15, 0.2) is 46.5 Å². The number of halogens is 2. The Hall–Kier alpha value is -1.10. The van der Waals surface area contributed by atoms with Crippen LogP contribution in [0.5, 0.6) is 0 Å². The molecule has 0 atom stereocenters. The van der Waals surface area contributed by atoms with Crippen LogP contribution in [0, 0.1) is 5.82 Å². The second-order valence-corrected chi connectivity index (χ2v) is 6.27. The third-order valence-corrected chi connectivity index (χ3v) is 4.45. The molecule has 1 fully saturated rings. The molecule has 0 bridgehead atoms. The van der Waals surface area contributed by atoms with Crippen molar-refractivity contribution in [3.8, 4) is 0 Å². The largest absolute Gasteiger partial charge is 0.310 e. The second-order valence-electron chi connectivity index (χ2n) is 4.80. The minimum Gasteiger partial charge on any atom is -0.310 e. The molecule has 1 aliphatic rings. The minimum atomic E-state index is -0.207. The Morgan fingerprint density at radius 2 is 2.15 bits per heavy atom. The van der Waals surface area contributed by atoms with Gasteiger partial charge in [-0.1, -0.05) is 35.5 Å². The maximum Gasteiger partial charge on any atom is 0.137 e. The molecule has 1 aromatic heterocycles. The summed E-state index contributed by atoms with van der Waals surface area (Å²) in [4.78, 5) is 4.84. The predicted octanol–water partition coefficient (Wildman–Crippen LogP) is 4.28. The summed E-state index contributed by atoms with van der Waals surface area (Å²) >= 11 is 7.15. The number of nitrogens with zero attached hydrogens (tertiary/aromatic N) is 1. The van der Waals surface area contributed by atoms with Crippen LogP contribution in [-0.2, 0) is 6.54 Å². The second kappa shape index (κ2) is 6.12. The number of aromatic nitrogens is 1. The van der Waals surface area contributed by atoms with Crippen LogP contribution in [0.1, 0.15) is 18.4 Å². The van der Waals surface area contributed by atoms with Gasteiger partial charge in [0.05, 0.1) is 9.92 Å². The van der Waals surface area contributed by atoms with Crippen molar-refractivity contribution in [2.24, 2.45) is 0 Å². The fourth-order valence-corrected chi connectivity index (χ4v) is 2.88. The lowest BCUT2D eigenvalue weighted by atomic mass is 10.2. The zero-order valence-corrected chi connectivity index (χ0v) is 12.3. The van der Waals surface area contributed by atoms with Gasteiger partial charge in [0, 0.05) is 18.8 Å². The molecule has 1 saturated carbocycles. The van der Waals surface area contributed by atoms with Gasteiger partial charge in [-0.3, -0.25) is 0 Å². The predicted molar refractivity (Wildman–Crippen MR) is 79.6 cm³/mol. The molecule has 1 aliphatic carbocycles. The highest BCUT2D eigenvalue weighted by Gasteiger charge is 2.21. The maximum atomic E-state index is 14.1. The Kier molecular flexibility index (Phi) is 4.24. The standard InChI is InChI=1S/C15H14ClFN2S/c16-11-4-7-14(19-9-11)20-15-10(2-1-3-13(15)17)8-18-12-5-6-12/h1-4,7,9,12,18H,5-6,8H2. The van der Waals surface area contributed by atoms with Crippen LogP contribution >= 0.6 is 23.4 Å². The first-order valence-electron chi connectivity index (χ1n) is 6.52. The first-order chi connectivity index (χ1) is 9.72. The molecule has 0 saturated heterocycles. The van der Waals surface area contributed by atoms with Crippen LogP contribution in [-0.4, -0.2) is 11.0 Å². The molecule has 0 amide bonds. The van der Waals surface area contributed by atoms with E-state index in [0.29, 0.717) is 22.5 Å². The number of hydrogen-bond acceptors (Lipinski definition) is 3. The normalized spacial score (nSPS) is 14.5. The fourth-order valence-electron chi connectivity index (χ4n) is 1.88. The smallest absolute Gasteiger partial charge is 0.137 e. The van der Waals surface area contributed by atoms with Gasteiger partial charge in [-0.2, -0.15) is 0 Å². The van der Waals surface area contributed by atoms with Crippen molar-refractivity contribution in [2.75, 3.05) is 0 Å². The van der Waals surface area contributed by atoms with Crippen molar-refractivity contribution in [1.29, 1.82) is 0 Å². The average Bonchev–Trinajstić information content (AvgIpc) is 3.26. The molecule has 0 unspecified atom stereocenters. The van der Waals surface area contributed by atoms with Gasteiger partial charge in [-0.25, -0.2) is 9.37 Å². The third kappa shape index (κ3) is 3.51. The Balaban J connectivity index is 1.80. The molecule has 1 aromatic carbocycles. The third-order valence-electron chi connectivity index (χ3n) is 3.11. The van der Waals surface area contributed by atoms with Crippen LogP contribution in [0.2, 0.25) is 5.02 Å². The SMILES string of the molecule is Fc1cccc(CNC2CC2)c1Sc1ccc(Cl)cn1. The lowest BCUT2D eigenvalue weighted by Gasteiger charge is -2.10. The number of hydrogen-bond donors (Lipinski definition) is 1. The highest BCUT2D eigenvalue weighted by atomic mass is 35.5. The number of rotatable bonds is 5. The Bertz CT molecular complexity index is 599. The minimum absolute atomic E-state index is 0.207. The van der Waals surface area contributed by atoms with E-state index in [9.17, 15) is 4.39 Å². The first kappa shape index (κ1) is 13.9. The Labute approximate surface area is 126 Å². The summed E-state index contributed by atoms with van der Waals surface area (Å²) in [5, 5.41) is 4.74. The Morgan fingerprint density at radius 3 is 2.85 bits per heavy atom. The summed E-state index contributed by atoms with van der Waals surface area (Å²) < 4.78 is 14.1. The van der Waals surface area contributed by atoms with Gasteiger partial charge in [0.1, 0.15) is 10.8 Å². The van der Waals surface area contributed by atoms with Crippen LogP contribution in [0.25, 0.3) is 0 Å². The maximum absolute atomic E-state index is 14.1. The topological polar surface area (TPSA) is 24.9 Å². The summed E-state index contributed by atoms with van der Waals surface area (Å²) in [5.74, 6) is -0.207. The molecule has 2 aromatic rings. The van der Waals surface area contributed by atoms with Gasteiger partial charge >= 0.3 is 0 Å². The van der Waals surface area contributed by atoms with Crippen LogP contribution < -0.4 is 5.32 Å². The van der Waals surface area contributed by atoms with Gasteiger partial charge in [-0.15, -0.1) is 0 Å². The van der Waals surface area contributed by atoms with Gasteiger partial charge in [0.15, 0.2) is 0 Å². The van der Waals surface area contributed by atoms with E-state index < -0.39 is 0 Å². The van der Waals surface area contributed by atoms with E-state index in [1.54, 1.807) is 24.4 Å². The van der Waals surface area contributed by atoms with Gasteiger partial charge < -0.3 is 5.32 Å². The van der Waals surface area contributed by atoms with Crippen molar-refractivity contribution in [2.45, 2.75) is 35.3 Å². The molecule has 0 radical (unpaired) electrons. The first-order valence-corrected chi connectivity index (χ1v) is 7.72. The van der Waals surface area contributed by atoms with E-state index >= 15 is 0 Å². The molecule has 1 N–H and O–H groups in total. The molecule has 3 rings (SSSR count). The van der Waals surface area contributed by atoms with Gasteiger partial charge in [0.25, 0.3) is 0 Å². The van der Waals surface area contributed by atoms with E-state index in [-0.39, 0.29) is 5.82 Å². The molecule has 2 nitrogen and oxygen atoms in total. The molecule has 104 valence electrons. The molecular weight excluding hydrogens is 295 g/mol. The molecule has 20 heavy (non-hydrogen) atoms. The quantitative estimate of drug-likeness (QED) is 0.892. The van der Waals surface area contributed by atoms with Crippen molar-refractivity contribution in [3.63, 3.8) is 0 Å². The zero-order valence-electron chi connectivity index (χ0n) is 10.8. The zero-order chi connectivity index (χ0) is 13.9. The van der Waals surface area contributed by atoms with Crippen molar-refractivity contribution in [1.82, 2.24) is 10.3 Å². The van der Waals surface area contributed by atoms with E-state index in [4.69, 9.17) is 11.6 Å². The van der Waals surface area contributed by atoms with E-state index in [0.717, 1.165) is 10.6 Å². The van der Waals surface area contributed by atoms with E-state index in [1.165, 1.54) is 30.7 Å². The molecule has 0 spiro atoms. The lowest BCUT2D eigenvalue weighted by Crippen LogP contribution is -2.16. The van der Waals surface area contributed by atoms with Crippen molar-refractivity contribution in [3.05, 3.63) is 52.9 Å². The summed E-state index contributed by atoms with van der Waals surface area (Å²) in [5.41, 5.74) is 0.971. The van der Waals surface area contributed by atoms with Crippen LogP contribution in [0.4, 0.5) is 4.39 Å². The molecular formula is C15H14ClFN2S. The summed E-state index contributed by atoms with van der Waals surface area (Å²) in [6.45, 7) is 0.693. The summed E-state index contributed by atoms with van der Waals surface area (Å²) in [6, 6.07) is 9.36. The molecule has 0 aliphatic heterocycles. The van der Waals surface area contributed by atoms with Gasteiger partial charge in [-0.05, 0) is 36.6 Å². The molecule has 1 heterocycles. The highest BCUT2D eigenvalue weighted by Crippen LogP contribution is 2.32. The van der Waals surface area contributed by atoms with Crippen molar-refractivity contribution < 1.29 is 4.39 Å². The number of pyridine rings is 1. The fraction of sp³-hybridized carbons (Fsp3) is 0.267. The van der Waals surface area contributed by atoms with Crippen molar-refractivity contribution >= 4 is 23.4 Å². The number of benzene rings is 1. The Morgan fingerprint density at radius 1 is 1.30 bits per heavy atom. The summed E-state index contributed by atoms with van der Waals surface area (Å²) in [7, 11) is 0. The van der Waals surface area contributed by atoms with E-state index in [1.807, 2.05) is 6.07 Å². The monoisotopic (exact) mass is 308 g/mol. The van der Waals surface area contributed by atoms with E-state index in [2.05, 4.69) is 10.3 Å². The number of nitrogens with one attached hydrogen (secondary N) is 1. The summed E-state index contributed by atoms with van der Waals surface area (Å²) in [6.07, 6.45) is 4.01. The highest BCUT2D eigenvalue weighted by molar-refractivity contribution is 7.99.